The van der Waals surface area contributed by atoms with Crippen LogP contribution in [0.1, 0.15) is 17.5 Å². The first-order valence-electron chi connectivity index (χ1n) is 6.95. The van der Waals surface area contributed by atoms with E-state index in [4.69, 9.17) is 0 Å². The average molecular weight is 323 g/mol. The summed E-state index contributed by atoms with van der Waals surface area (Å²) < 4.78 is 13.0. The molecule has 118 valence electrons. The molecule has 0 saturated heterocycles. The third kappa shape index (κ3) is 5.84. The molecular weight excluding hydrogens is 303 g/mol. The summed E-state index contributed by atoms with van der Waals surface area (Å²) in [5.41, 5.74) is 2.72. The van der Waals surface area contributed by atoms with Gasteiger partial charge in [-0.25, -0.2) is 4.39 Å². The van der Waals surface area contributed by atoms with Gasteiger partial charge >= 0.3 is 0 Å². The molecule has 2 aromatic rings. The summed E-state index contributed by atoms with van der Waals surface area (Å²) >= 11 is 0. The molecule has 0 aliphatic rings. The molecule has 0 atom stereocenters. The van der Waals surface area contributed by atoms with Crippen LogP contribution in [0.15, 0.2) is 48.5 Å². The summed E-state index contributed by atoms with van der Waals surface area (Å²) in [6, 6.07) is 14.1. The number of halogens is 2. The highest BCUT2D eigenvalue weighted by atomic mass is 35.5. The molecule has 0 aliphatic carbocycles. The van der Waals surface area contributed by atoms with Crippen molar-refractivity contribution in [3.8, 4) is 0 Å². The molecule has 0 heterocycles. The first-order valence-corrected chi connectivity index (χ1v) is 6.95. The molecule has 0 bridgehead atoms. The number of benzene rings is 2. The van der Waals surface area contributed by atoms with Crippen LogP contribution in [0.25, 0.3) is 0 Å². The first-order chi connectivity index (χ1) is 10.2. The van der Waals surface area contributed by atoms with Gasteiger partial charge in [-0.15, -0.1) is 12.4 Å². The van der Waals surface area contributed by atoms with Crippen molar-refractivity contribution in [2.75, 3.05) is 12.4 Å². The Morgan fingerprint density at radius 3 is 2.55 bits per heavy atom. The van der Waals surface area contributed by atoms with Gasteiger partial charge in [0.05, 0.1) is 0 Å². The maximum Gasteiger partial charge on any atom is 0.224 e. The van der Waals surface area contributed by atoms with E-state index in [1.54, 1.807) is 6.07 Å². The number of hydrogen-bond acceptors (Lipinski definition) is 2. The predicted molar refractivity (Wildman–Crippen MR) is 89.8 cm³/mol. The Bertz CT molecular complexity index is 619. The predicted octanol–water partition coefficient (Wildman–Crippen LogP) is 3.54. The average Bonchev–Trinajstić information content (AvgIpc) is 2.46. The number of rotatable bonds is 6. The lowest BCUT2D eigenvalue weighted by Crippen LogP contribution is -2.13. The van der Waals surface area contributed by atoms with Gasteiger partial charge in [0.25, 0.3) is 0 Å². The monoisotopic (exact) mass is 322 g/mol. The zero-order chi connectivity index (χ0) is 15.1. The Hall–Kier alpha value is -1.91. The molecule has 2 rings (SSSR count). The fourth-order valence-corrected chi connectivity index (χ4v) is 2.14. The van der Waals surface area contributed by atoms with Crippen molar-refractivity contribution in [2.24, 2.45) is 0 Å². The van der Waals surface area contributed by atoms with Crippen molar-refractivity contribution in [1.82, 2.24) is 5.32 Å². The van der Waals surface area contributed by atoms with E-state index >= 15 is 0 Å². The first kappa shape index (κ1) is 18.1. The van der Waals surface area contributed by atoms with Crippen molar-refractivity contribution in [3.05, 3.63) is 65.5 Å². The van der Waals surface area contributed by atoms with Gasteiger partial charge in [0.15, 0.2) is 0 Å². The third-order valence-electron chi connectivity index (χ3n) is 3.12. The second-order valence-electron chi connectivity index (χ2n) is 4.91. The second kappa shape index (κ2) is 9.18. The Labute approximate surface area is 136 Å². The fraction of sp³-hybridized carbons (Fsp3) is 0.235. The van der Waals surface area contributed by atoms with Crippen LogP contribution >= 0.6 is 12.4 Å². The third-order valence-corrected chi connectivity index (χ3v) is 3.12. The fourth-order valence-electron chi connectivity index (χ4n) is 2.14. The van der Waals surface area contributed by atoms with Gasteiger partial charge in [-0.1, -0.05) is 24.3 Å². The Balaban J connectivity index is 0.00000242. The van der Waals surface area contributed by atoms with Gasteiger partial charge in [-0.05, 0) is 48.9 Å². The summed E-state index contributed by atoms with van der Waals surface area (Å²) in [5.74, 6) is -0.339. The number of anilines is 1. The quantitative estimate of drug-likeness (QED) is 0.854. The maximum absolute atomic E-state index is 13.0. The van der Waals surface area contributed by atoms with Crippen LogP contribution in [0.4, 0.5) is 10.1 Å². The van der Waals surface area contributed by atoms with Crippen LogP contribution in [0.2, 0.25) is 0 Å². The number of amides is 1. The molecule has 0 radical (unpaired) electrons. The van der Waals surface area contributed by atoms with Crippen molar-refractivity contribution in [3.63, 3.8) is 0 Å². The molecule has 2 aromatic carbocycles. The van der Waals surface area contributed by atoms with E-state index in [0.29, 0.717) is 12.8 Å². The molecule has 0 aliphatic heterocycles. The Morgan fingerprint density at radius 1 is 1.09 bits per heavy atom. The highest BCUT2D eigenvalue weighted by Crippen LogP contribution is 2.12. The van der Waals surface area contributed by atoms with Gasteiger partial charge in [0.2, 0.25) is 5.91 Å². The standard InChI is InChI=1S/C17H19FN2O.ClH/c1-19-12-14-5-3-7-16(11-14)20-17(21)9-8-13-4-2-6-15(18)10-13;/h2-7,10-11,19H,8-9,12H2,1H3,(H,20,21);1H. The van der Waals surface area contributed by atoms with Gasteiger partial charge in [-0.3, -0.25) is 4.79 Å². The molecule has 5 heteroatoms. The Kier molecular flexibility index (Phi) is 7.57. The van der Waals surface area contributed by atoms with Crippen LogP contribution in [0.5, 0.6) is 0 Å². The van der Waals surface area contributed by atoms with Crippen LogP contribution in [-0.4, -0.2) is 13.0 Å². The van der Waals surface area contributed by atoms with Gasteiger partial charge < -0.3 is 10.6 Å². The molecule has 1 amide bonds. The molecule has 0 unspecified atom stereocenters. The van der Waals surface area contributed by atoms with E-state index in [1.807, 2.05) is 37.4 Å². The van der Waals surface area contributed by atoms with Crippen molar-refractivity contribution in [2.45, 2.75) is 19.4 Å². The molecule has 0 fully saturated rings. The van der Waals surface area contributed by atoms with E-state index in [1.165, 1.54) is 12.1 Å². The van der Waals surface area contributed by atoms with E-state index < -0.39 is 0 Å². The topological polar surface area (TPSA) is 41.1 Å². The van der Waals surface area contributed by atoms with Gasteiger partial charge in [0, 0.05) is 18.7 Å². The smallest absolute Gasteiger partial charge is 0.224 e. The molecular formula is C17H20ClFN2O. The minimum Gasteiger partial charge on any atom is -0.326 e. The summed E-state index contributed by atoms with van der Waals surface area (Å²) in [7, 11) is 1.88. The zero-order valence-corrected chi connectivity index (χ0v) is 13.3. The number of carbonyl (C=O) groups is 1. The van der Waals surface area contributed by atoms with Crippen LogP contribution < -0.4 is 10.6 Å². The summed E-state index contributed by atoms with van der Waals surface area (Å²) in [6.45, 7) is 0.757. The largest absolute Gasteiger partial charge is 0.326 e. The Morgan fingerprint density at radius 2 is 1.82 bits per heavy atom. The molecule has 22 heavy (non-hydrogen) atoms. The summed E-state index contributed by atoms with van der Waals surface area (Å²) in [4.78, 5) is 11.9. The number of hydrogen-bond donors (Lipinski definition) is 2. The lowest BCUT2D eigenvalue weighted by molar-refractivity contribution is -0.116. The van der Waals surface area contributed by atoms with Crippen molar-refractivity contribution >= 4 is 24.0 Å². The maximum atomic E-state index is 13.0. The van der Waals surface area contributed by atoms with Crippen molar-refractivity contribution in [1.29, 1.82) is 0 Å². The minimum atomic E-state index is -0.271. The number of nitrogens with one attached hydrogen (secondary N) is 2. The van der Waals surface area contributed by atoms with E-state index in [9.17, 15) is 9.18 Å². The highest BCUT2D eigenvalue weighted by molar-refractivity contribution is 5.90. The number of aryl methyl sites for hydroxylation is 1. The lowest BCUT2D eigenvalue weighted by atomic mass is 10.1. The highest BCUT2D eigenvalue weighted by Gasteiger charge is 2.04. The minimum absolute atomic E-state index is 0. The van der Waals surface area contributed by atoms with E-state index in [0.717, 1.165) is 23.4 Å². The van der Waals surface area contributed by atoms with Gasteiger partial charge in [0.1, 0.15) is 5.82 Å². The number of carbonyl (C=O) groups excluding carboxylic acids is 1. The van der Waals surface area contributed by atoms with Gasteiger partial charge in [-0.2, -0.15) is 0 Å². The molecule has 0 spiro atoms. The normalized spacial score (nSPS) is 9.91. The second-order valence-corrected chi connectivity index (χ2v) is 4.91. The SMILES string of the molecule is CNCc1cccc(NC(=O)CCc2cccc(F)c2)c1.Cl. The molecule has 0 aromatic heterocycles. The molecule has 2 N–H and O–H groups in total. The zero-order valence-electron chi connectivity index (χ0n) is 12.4. The van der Waals surface area contributed by atoms with Crippen LogP contribution in [-0.2, 0) is 17.8 Å². The van der Waals surface area contributed by atoms with Crippen LogP contribution in [0, 0.1) is 5.82 Å². The van der Waals surface area contributed by atoms with E-state index in [2.05, 4.69) is 10.6 Å². The molecule has 0 saturated carbocycles. The summed E-state index contributed by atoms with van der Waals surface area (Å²) in [5, 5.41) is 5.93. The lowest BCUT2D eigenvalue weighted by Gasteiger charge is -2.07. The van der Waals surface area contributed by atoms with Crippen molar-refractivity contribution < 1.29 is 9.18 Å². The molecule has 3 nitrogen and oxygen atoms in total. The van der Waals surface area contributed by atoms with Crippen LogP contribution in [0.3, 0.4) is 0 Å². The van der Waals surface area contributed by atoms with E-state index in [-0.39, 0.29) is 24.1 Å². The summed E-state index contributed by atoms with van der Waals surface area (Å²) in [6.07, 6.45) is 0.861.